The average Bonchev–Trinajstić information content (AvgIpc) is 3.60. The van der Waals surface area contributed by atoms with Crippen LogP contribution in [0.5, 0.6) is 5.75 Å². The Morgan fingerprint density at radius 1 is 1.09 bits per heavy atom. The number of unbranched alkanes of at least 4 members (excludes halogenated alkanes) is 3. The van der Waals surface area contributed by atoms with E-state index in [2.05, 4.69) is 22.3 Å². The fourth-order valence-electron chi connectivity index (χ4n) is 1.70. The first-order chi connectivity index (χ1) is 15.4. The van der Waals surface area contributed by atoms with Crippen molar-refractivity contribution in [2.75, 3.05) is 26.3 Å². The molecule has 11 nitrogen and oxygen atoms in total. The molecule has 1 fully saturated rings. The summed E-state index contributed by atoms with van der Waals surface area (Å²) in [5.74, 6) is -0.0620. The molecule has 0 saturated carbocycles. The quantitative estimate of drug-likeness (QED) is 0.151. The fourth-order valence-corrected chi connectivity index (χ4v) is 1.70. The lowest BCUT2D eigenvalue weighted by molar-refractivity contribution is -0.131. The Morgan fingerprint density at radius 2 is 1.53 bits per heavy atom. The lowest BCUT2D eigenvalue weighted by Crippen LogP contribution is -2.03. The molecule has 1 saturated heterocycles. The van der Waals surface area contributed by atoms with Crippen LogP contribution in [0.4, 0.5) is 4.79 Å². The van der Waals surface area contributed by atoms with Crippen LogP contribution < -0.4 is 10.5 Å². The van der Waals surface area contributed by atoms with Crippen molar-refractivity contribution >= 4 is 24.2 Å². The van der Waals surface area contributed by atoms with Crippen LogP contribution in [-0.4, -0.2) is 66.8 Å². The number of carbonyl (C=O) groups is 2. The Morgan fingerprint density at radius 3 is 1.88 bits per heavy atom. The minimum atomic E-state index is -1.33. The van der Waals surface area contributed by atoms with Gasteiger partial charge < -0.3 is 25.4 Å². The lowest BCUT2D eigenvalue weighted by Gasteiger charge is -2.01. The van der Waals surface area contributed by atoms with Gasteiger partial charge in [0.15, 0.2) is 0 Å². The largest absolute Gasteiger partial charge is 0.491 e. The van der Waals surface area contributed by atoms with Gasteiger partial charge >= 0.3 is 12.1 Å². The number of rotatable bonds is 11. The second-order valence-electron chi connectivity index (χ2n) is 5.82. The SMILES string of the molecule is C=CC(=O)O.NC(=O)O.O=C=NCCCCCCN=C=O.c1ccc(OCC2CO2)cc1. The smallest absolute Gasteiger partial charge is 0.402 e. The number of aliphatic imine (C=N–C) groups is 2. The van der Waals surface area contributed by atoms with Crippen LogP contribution in [0.1, 0.15) is 25.7 Å². The number of epoxide rings is 1. The molecule has 2 rings (SSSR count). The predicted molar refractivity (Wildman–Crippen MR) is 116 cm³/mol. The fraction of sp³-hybridized carbons (Fsp3) is 0.429. The Bertz CT molecular complexity index is 700. The van der Waals surface area contributed by atoms with E-state index in [0.29, 0.717) is 25.8 Å². The van der Waals surface area contributed by atoms with Crippen LogP contribution in [0.15, 0.2) is 53.0 Å². The third kappa shape index (κ3) is 30.9. The van der Waals surface area contributed by atoms with Crippen molar-refractivity contribution in [1.82, 2.24) is 0 Å². The molecule has 0 aliphatic carbocycles. The minimum Gasteiger partial charge on any atom is -0.491 e. The van der Waals surface area contributed by atoms with Gasteiger partial charge in [0.1, 0.15) is 18.5 Å². The number of benzene rings is 1. The average molecular weight is 451 g/mol. The second-order valence-corrected chi connectivity index (χ2v) is 5.82. The summed E-state index contributed by atoms with van der Waals surface area (Å²) in [7, 11) is 0. The molecule has 1 aromatic carbocycles. The number of carboxylic acids is 1. The normalized spacial score (nSPS) is 12.2. The van der Waals surface area contributed by atoms with Gasteiger partial charge in [-0.05, 0) is 25.0 Å². The Labute approximate surface area is 186 Å². The van der Waals surface area contributed by atoms with Crippen molar-refractivity contribution in [3.63, 3.8) is 0 Å². The van der Waals surface area contributed by atoms with Crippen LogP contribution in [0.3, 0.4) is 0 Å². The number of hydrogen-bond acceptors (Lipinski definition) is 8. The number of nitrogens with two attached hydrogens (primary N) is 1. The molecular weight excluding hydrogens is 422 g/mol. The van der Waals surface area contributed by atoms with Crippen LogP contribution in [-0.2, 0) is 19.1 Å². The summed E-state index contributed by atoms with van der Waals surface area (Å²) in [6, 6.07) is 9.79. The maximum atomic E-state index is 9.63. The molecule has 4 N–H and O–H groups in total. The van der Waals surface area contributed by atoms with Crippen molar-refractivity contribution in [3.8, 4) is 5.75 Å². The molecule has 1 aromatic rings. The zero-order valence-electron chi connectivity index (χ0n) is 17.7. The van der Waals surface area contributed by atoms with E-state index < -0.39 is 12.1 Å². The third-order valence-electron chi connectivity index (χ3n) is 3.18. The highest BCUT2D eigenvalue weighted by atomic mass is 16.6. The summed E-state index contributed by atoms with van der Waals surface area (Å²) < 4.78 is 10.4. The van der Waals surface area contributed by atoms with Crippen molar-refractivity contribution in [2.24, 2.45) is 15.7 Å². The van der Waals surface area contributed by atoms with E-state index in [4.69, 9.17) is 24.5 Å². The summed E-state index contributed by atoms with van der Waals surface area (Å²) in [5, 5.41) is 14.8. The molecule has 176 valence electrons. The molecule has 11 heteroatoms. The van der Waals surface area contributed by atoms with Gasteiger partial charge in [0.25, 0.3) is 0 Å². The van der Waals surface area contributed by atoms with Gasteiger partial charge in [-0.2, -0.15) is 0 Å². The number of amides is 1. The zero-order valence-corrected chi connectivity index (χ0v) is 17.7. The Balaban J connectivity index is 0. The molecule has 1 heterocycles. The van der Waals surface area contributed by atoms with E-state index >= 15 is 0 Å². The van der Waals surface area contributed by atoms with Gasteiger partial charge in [0.05, 0.1) is 19.7 Å². The van der Waals surface area contributed by atoms with Crippen molar-refractivity contribution in [3.05, 3.63) is 43.0 Å². The zero-order chi connectivity index (χ0) is 24.5. The summed E-state index contributed by atoms with van der Waals surface area (Å²) in [5.41, 5.74) is 4.03. The van der Waals surface area contributed by atoms with Crippen molar-refractivity contribution in [1.29, 1.82) is 0 Å². The summed E-state index contributed by atoms with van der Waals surface area (Å²) in [4.78, 5) is 44.1. The molecule has 1 unspecified atom stereocenters. The highest BCUT2D eigenvalue weighted by molar-refractivity contribution is 5.78. The Hall–Kier alpha value is -3.78. The number of primary amides is 1. The van der Waals surface area contributed by atoms with Crippen molar-refractivity contribution in [2.45, 2.75) is 31.8 Å². The van der Waals surface area contributed by atoms with Crippen LogP contribution in [0.2, 0.25) is 0 Å². The molecule has 0 radical (unpaired) electrons. The topological polar surface area (TPSA) is 181 Å². The molecule has 0 bridgehead atoms. The number of ether oxygens (including phenoxy) is 2. The first-order valence-electron chi connectivity index (χ1n) is 9.57. The molecular formula is C21H29N3O8. The standard InChI is InChI=1S/C9H10O2.C8H12N2O2.C3H4O2.CH3NO2/c1-2-4-8(5-3-1)10-6-9-7-11-9;11-7-9-5-3-1-2-4-6-10-8-12;1-2-3(4)5;2-1(3)4/h1-5,9H,6-7H2;1-6H2;2H,1H2,(H,4,5);2H2,(H,3,4). The number of aliphatic carboxylic acids is 1. The van der Waals surface area contributed by atoms with Crippen molar-refractivity contribution < 1.29 is 38.9 Å². The second kappa shape index (κ2) is 23.5. The number of hydrogen-bond donors (Lipinski definition) is 3. The van der Waals surface area contributed by atoms with Crippen LogP contribution >= 0.6 is 0 Å². The Kier molecular flexibility index (Phi) is 22.3. The van der Waals surface area contributed by atoms with E-state index in [1.807, 2.05) is 30.3 Å². The predicted octanol–water partition coefficient (Wildman–Crippen LogP) is 2.56. The minimum absolute atomic E-state index is 0.343. The first-order valence-corrected chi connectivity index (χ1v) is 9.57. The first kappa shape index (κ1) is 30.4. The van der Waals surface area contributed by atoms with E-state index in [0.717, 1.165) is 44.1 Å². The van der Waals surface area contributed by atoms with E-state index in [-0.39, 0.29) is 0 Å². The number of carboxylic acid groups (broad SMARTS) is 2. The molecule has 1 atom stereocenters. The monoisotopic (exact) mass is 451 g/mol. The highest BCUT2D eigenvalue weighted by Gasteiger charge is 2.22. The lowest BCUT2D eigenvalue weighted by atomic mass is 10.2. The van der Waals surface area contributed by atoms with E-state index in [9.17, 15) is 14.4 Å². The molecule has 1 amide bonds. The number of carbonyl (C=O) groups excluding carboxylic acids is 2. The summed E-state index contributed by atoms with van der Waals surface area (Å²) in [6.45, 7) is 5.61. The number of para-hydroxylation sites is 1. The van der Waals surface area contributed by atoms with Crippen LogP contribution in [0.25, 0.3) is 0 Å². The molecule has 1 aliphatic rings. The third-order valence-corrected chi connectivity index (χ3v) is 3.18. The molecule has 0 aromatic heterocycles. The van der Waals surface area contributed by atoms with E-state index in [1.165, 1.54) is 12.2 Å². The highest BCUT2D eigenvalue weighted by Crippen LogP contribution is 2.13. The number of nitrogens with zero attached hydrogens (tertiary/aromatic N) is 2. The molecule has 32 heavy (non-hydrogen) atoms. The summed E-state index contributed by atoms with van der Waals surface area (Å²) >= 11 is 0. The van der Waals surface area contributed by atoms with Gasteiger partial charge in [-0.3, -0.25) is 0 Å². The number of isocyanates is 2. The maximum Gasteiger partial charge on any atom is 0.402 e. The van der Waals surface area contributed by atoms with E-state index in [1.54, 1.807) is 0 Å². The molecule has 1 aliphatic heterocycles. The van der Waals surface area contributed by atoms with Gasteiger partial charge in [0, 0.05) is 6.08 Å². The van der Waals surface area contributed by atoms with Gasteiger partial charge in [-0.25, -0.2) is 29.2 Å². The van der Waals surface area contributed by atoms with Gasteiger partial charge in [-0.1, -0.05) is 37.6 Å². The van der Waals surface area contributed by atoms with Gasteiger partial charge in [0.2, 0.25) is 12.2 Å². The van der Waals surface area contributed by atoms with Gasteiger partial charge in [-0.15, -0.1) is 0 Å². The maximum absolute atomic E-state index is 9.63. The van der Waals surface area contributed by atoms with Crippen LogP contribution in [0, 0.1) is 0 Å². The molecule has 0 spiro atoms. The summed E-state index contributed by atoms with van der Waals surface area (Å²) in [6.07, 6.45) is 6.64.